The van der Waals surface area contributed by atoms with Gasteiger partial charge in [-0.3, -0.25) is 19.2 Å². The first-order chi connectivity index (χ1) is 21.2. The Morgan fingerprint density at radius 3 is 2.47 bits per heavy atom. The van der Waals surface area contributed by atoms with Crippen molar-refractivity contribution in [2.75, 3.05) is 26.7 Å². The van der Waals surface area contributed by atoms with E-state index in [4.69, 9.17) is 9.47 Å². The first-order valence-corrected chi connectivity index (χ1v) is 16.4. The molecule has 0 aliphatic carbocycles. The van der Waals surface area contributed by atoms with Crippen molar-refractivity contribution in [3.8, 4) is 0 Å². The Morgan fingerprint density at radius 2 is 1.89 bits per heavy atom. The molecule has 3 heterocycles. The number of β-amino-alcohol motifs (C(OH)–C–C–N with tert-alkyl or cyclic N) is 1. The molecule has 8 atom stereocenters. The van der Waals surface area contributed by atoms with E-state index in [9.17, 15) is 24.3 Å². The number of allylic oxidation sites excluding steroid dienone is 1. The highest BCUT2D eigenvalue weighted by Gasteiger charge is 2.77. The molecule has 1 unspecified atom stereocenters. The molecule has 1 N–H and O–H groups in total. The minimum absolute atomic E-state index is 0.0798. The minimum Gasteiger partial charge on any atom is -0.455 e. The number of fused-ring (bicyclic) bond motifs is 1. The third kappa shape index (κ3) is 6.36. The predicted molar refractivity (Wildman–Crippen MR) is 173 cm³/mol. The summed E-state index contributed by atoms with van der Waals surface area (Å²) >= 11 is 3.69. The Kier molecular flexibility index (Phi) is 10.7. The van der Waals surface area contributed by atoms with E-state index >= 15 is 0 Å². The molecular formula is C34H46BrN3O7. The maximum absolute atomic E-state index is 14.3. The molecule has 3 aliphatic rings. The number of benzene rings is 1. The lowest BCUT2D eigenvalue weighted by Crippen LogP contribution is -2.60. The maximum Gasteiger partial charge on any atom is 0.313 e. The third-order valence-electron chi connectivity index (χ3n) is 9.40. The van der Waals surface area contributed by atoms with Gasteiger partial charge in [-0.25, -0.2) is 0 Å². The first-order valence-electron chi connectivity index (χ1n) is 15.5. The van der Waals surface area contributed by atoms with Crippen LogP contribution in [0, 0.1) is 11.8 Å². The molecule has 0 aromatic heterocycles. The van der Waals surface area contributed by atoms with Crippen LogP contribution in [0.4, 0.5) is 0 Å². The standard InChI is InChI=1S/C34H46BrN3O7/c1-8-10-16-24(40)36(7)21(3)27(22-14-12-11-13-15-22)44-32(43)25-26-30(41)37(18-19-39)29(34(26)20-23(35)28(25)45-34)31(42)38(17-9-2)33(4,5)6/h8-9,11-15,21,23,25-29,39H,1-2,10,16-20H2,3-7H3/t21-,23?,25+,26-,27+,28+,29+,34-/m1/s1. The van der Waals surface area contributed by atoms with Crippen LogP contribution >= 0.6 is 15.9 Å². The molecule has 45 heavy (non-hydrogen) atoms. The monoisotopic (exact) mass is 687 g/mol. The van der Waals surface area contributed by atoms with E-state index in [1.165, 1.54) is 4.90 Å². The molecule has 3 saturated heterocycles. The van der Waals surface area contributed by atoms with Gasteiger partial charge in [-0.2, -0.15) is 0 Å². The smallest absolute Gasteiger partial charge is 0.313 e. The largest absolute Gasteiger partial charge is 0.455 e. The highest BCUT2D eigenvalue weighted by Crippen LogP contribution is 2.60. The molecule has 10 nitrogen and oxygen atoms in total. The number of amides is 3. The summed E-state index contributed by atoms with van der Waals surface area (Å²) in [5.41, 5.74) is -1.18. The molecule has 3 amide bonds. The van der Waals surface area contributed by atoms with Crippen LogP contribution in [0.1, 0.15) is 58.6 Å². The summed E-state index contributed by atoms with van der Waals surface area (Å²) in [6, 6.07) is 7.62. The van der Waals surface area contributed by atoms with Gasteiger partial charge in [-0.05, 0) is 46.1 Å². The number of nitrogens with zero attached hydrogens (tertiary/aromatic N) is 3. The second-order valence-electron chi connectivity index (χ2n) is 13.2. The van der Waals surface area contributed by atoms with Crippen molar-refractivity contribution in [1.82, 2.24) is 14.7 Å². The zero-order chi connectivity index (χ0) is 33.3. The fourth-order valence-corrected chi connectivity index (χ4v) is 8.06. The summed E-state index contributed by atoms with van der Waals surface area (Å²) in [6.07, 6.45) is 2.91. The van der Waals surface area contributed by atoms with E-state index in [-0.39, 0.29) is 42.8 Å². The van der Waals surface area contributed by atoms with Crippen LogP contribution < -0.4 is 0 Å². The van der Waals surface area contributed by atoms with Crippen LogP contribution in [0.2, 0.25) is 0 Å². The molecule has 1 aromatic carbocycles. The SMILES string of the molecule is C=CCCC(=O)N(C)[C@H](C)[C@H](OC(=O)[C@@H]1[C@H]2O[C@@]3(CC2Br)[C@H](C(=O)N(CC=C)C(C)(C)C)N(CCO)C(=O)[C@@H]13)c1ccccc1. The minimum atomic E-state index is -1.29. The molecule has 1 aromatic rings. The highest BCUT2D eigenvalue weighted by atomic mass is 79.9. The van der Waals surface area contributed by atoms with Gasteiger partial charge in [-0.15, -0.1) is 13.2 Å². The Bertz CT molecular complexity index is 1300. The van der Waals surface area contributed by atoms with Crippen LogP contribution in [-0.2, 0) is 28.7 Å². The molecule has 3 aliphatic heterocycles. The number of halogens is 1. The number of aliphatic hydroxyl groups excluding tert-OH is 1. The quantitative estimate of drug-likeness (QED) is 0.191. The first kappa shape index (κ1) is 34.8. The van der Waals surface area contributed by atoms with Crippen molar-refractivity contribution in [2.24, 2.45) is 11.8 Å². The van der Waals surface area contributed by atoms with Gasteiger partial charge >= 0.3 is 5.97 Å². The van der Waals surface area contributed by atoms with Crippen molar-refractivity contribution in [3.05, 3.63) is 61.2 Å². The van der Waals surface area contributed by atoms with Crippen LogP contribution in [0.5, 0.6) is 0 Å². The van der Waals surface area contributed by atoms with Gasteiger partial charge < -0.3 is 29.3 Å². The van der Waals surface area contributed by atoms with Gasteiger partial charge in [0.05, 0.1) is 30.6 Å². The predicted octanol–water partition coefficient (Wildman–Crippen LogP) is 3.64. The lowest BCUT2D eigenvalue weighted by Gasteiger charge is -2.42. The zero-order valence-corrected chi connectivity index (χ0v) is 28.4. The number of ether oxygens (including phenoxy) is 2. The van der Waals surface area contributed by atoms with Gasteiger partial charge in [0.1, 0.15) is 17.7 Å². The molecule has 0 saturated carbocycles. The number of hydrogen-bond donors (Lipinski definition) is 1. The van der Waals surface area contributed by atoms with Gasteiger partial charge in [0.25, 0.3) is 0 Å². The summed E-state index contributed by atoms with van der Waals surface area (Å²) in [7, 11) is 1.68. The van der Waals surface area contributed by atoms with Crippen LogP contribution in [0.15, 0.2) is 55.6 Å². The number of carbonyl (C=O) groups is 4. The molecule has 11 heteroatoms. The lowest BCUT2D eigenvalue weighted by atomic mass is 9.70. The van der Waals surface area contributed by atoms with Crippen LogP contribution in [0.3, 0.4) is 0 Å². The van der Waals surface area contributed by atoms with Gasteiger partial charge in [0, 0.05) is 36.9 Å². The van der Waals surface area contributed by atoms with E-state index in [0.29, 0.717) is 18.4 Å². The second-order valence-corrected chi connectivity index (χ2v) is 14.3. The fraction of sp³-hybridized carbons (Fsp3) is 0.588. The van der Waals surface area contributed by atoms with Crippen LogP contribution in [0.25, 0.3) is 0 Å². The number of esters is 1. The molecule has 0 radical (unpaired) electrons. The van der Waals surface area contributed by atoms with E-state index in [0.717, 1.165) is 0 Å². The molecule has 2 bridgehead atoms. The van der Waals surface area contributed by atoms with Crippen molar-refractivity contribution < 1.29 is 33.8 Å². The third-order valence-corrected chi connectivity index (χ3v) is 10.2. The topological polar surface area (TPSA) is 117 Å². The summed E-state index contributed by atoms with van der Waals surface area (Å²) in [4.78, 5) is 60.0. The molecule has 4 rings (SSSR count). The van der Waals surface area contributed by atoms with E-state index in [1.807, 2.05) is 58.0 Å². The van der Waals surface area contributed by atoms with Gasteiger partial charge in [0.2, 0.25) is 17.7 Å². The number of alkyl halides is 1. The Hall–Kier alpha value is -3.02. The second kappa shape index (κ2) is 13.8. The number of aliphatic hydroxyl groups is 1. The number of hydrogen-bond acceptors (Lipinski definition) is 7. The zero-order valence-electron chi connectivity index (χ0n) is 26.9. The highest BCUT2D eigenvalue weighted by molar-refractivity contribution is 9.09. The Labute approximate surface area is 274 Å². The fourth-order valence-electron chi connectivity index (χ4n) is 7.12. The summed E-state index contributed by atoms with van der Waals surface area (Å²) in [5, 5.41) is 9.95. The Balaban J connectivity index is 1.71. The number of likely N-dealkylation sites (N-methyl/N-ethyl adjacent to an activating group) is 1. The number of rotatable bonds is 13. The van der Waals surface area contributed by atoms with E-state index in [1.54, 1.807) is 29.0 Å². The number of carbonyl (C=O) groups excluding carboxylic acids is 4. The van der Waals surface area contributed by atoms with Crippen molar-refractivity contribution in [3.63, 3.8) is 0 Å². The van der Waals surface area contributed by atoms with Crippen molar-refractivity contribution in [2.45, 2.75) is 87.2 Å². The summed E-state index contributed by atoms with van der Waals surface area (Å²) < 4.78 is 12.9. The van der Waals surface area contributed by atoms with Crippen molar-refractivity contribution >= 4 is 39.6 Å². The molecule has 3 fully saturated rings. The van der Waals surface area contributed by atoms with Gasteiger partial charge in [0.15, 0.2) is 0 Å². The average molecular weight is 689 g/mol. The lowest BCUT2D eigenvalue weighted by molar-refractivity contribution is -0.164. The van der Waals surface area contributed by atoms with Crippen LogP contribution in [-0.4, -0.2) is 104 Å². The maximum atomic E-state index is 14.3. The Morgan fingerprint density at radius 1 is 1.22 bits per heavy atom. The number of likely N-dealkylation sites (tertiary alicyclic amines) is 1. The van der Waals surface area contributed by atoms with Gasteiger partial charge in [-0.1, -0.05) is 58.4 Å². The van der Waals surface area contributed by atoms with E-state index < -0.39 is 59.1 Å². The molecule has 1 spiro atoms. The molecule has 246 valence electrons. The summed E-state index contributed by atoms with van der Waals surface area (Å²) in [6.45, 7) is 14.9. The average Bonchev–Trinajstić information content (AvgIpc) is 3.59. The van der Waals surface area contributed by atoms with E-state index in [2.05, 4.69) is 29.1 Å². The molecular weight excluding hydrogens is 642 g/mol. The summed E-state index contributed by atoms with van der Waals surface area (Å²) in [5.74, 6) is -3.47. The normalized spacial score (nSPS) is 28.3. The van der Waals surface area contributed by atoms with Crippen molar-refractivity contribution in [1.29, 1.82) is 0 Å².